The Kier molecular flexibility index (Phi) is 12.1. The van der Waals surface area contributed by atoms with Gasteiger partial charge in [0.1, 0.15) is 11.5 Å². The fourth-order valence-corrected chi connectivity index (χ4v) is 3.19. The number of halogens is 4. The van der Waals surface area contributed by atoms with E-state index in [1.54, 1.807) is 0 Å². The molecule has 0 spiro atoms. The van der Waals surface area contributed by atoms with Crippen molar-refractivity contribution < 1.29 is 31.8 Å². The van der Waals surface area contributed by atoms with Gasteiger partial charge in [0.2, 0.25) is 0 Å². The highest BCUT2D eigenvalue weighted by atomic mass is 19.4. The Morgan fingerprint density at radius 3 is 2.18 bits per heavy atom. The number of amides is 1. The van der Waals surface area contributed by atoms with Gasteiger partial charge in [-0.25, -0.2) is 9.18 Å². The number of ether oxygens (including phenoxy) is 2. The van der Waals surface area contributed by atoms with Crippen molar-refractivity contribution in [2.75, 3.05) is 11.9 Å². The lowest BCUT2D eigenvalue weighted by molar-refractivity contribution is -0.274. The number of hydrogen-bond donors (Lipinski definition) is 1. The van der Waals surface area contributed by atoms with Gasteiger partial charge in [0.05, 0.1) is 12.2 Å². The molecule has 1 N–H and O–H groups in total. The number of carbonyl (C=O) groups excluding carboxylic acids is 1. The van der Waals surface area contributed by atoms with E-state index in [0.717, 1.165) is 37.8 Å². The molecule has 0 saturated carbocycles. The van der Waals surface area contributed by atoms with Crippen LogP contribution < -0.4 is 10.1 Å². The number of nitrogens with one attached hydrogen (secondary N) is 1. The SMILES string of the molecule is CCOC(=O)Nc1c(OC(F)(F)F)ccc(F)c1C#CCCCCCCCCCC(C)(C)C. The summed E-state index contributed by atoms with van der Waals surface area (Å²) in [7, 11) is 0. The Labute approximate surface area is 194 Å². The molecule has 1 aromatic carbocycles. The zero-order valence-corrected chi connectivity index (χ0v) is 20.0. The van der Waals surface area contributed by atoms with Crippen LogP contribution in [0.2, 0.25) is 0 Å². The summed E-state index contributed by atoms with van der Waals surface area (Å²) in [5.41, 5.74) is -0.500. The number of alkyl halides is 3. The molecule has 0 aliphatic rings. The number of carbonyl (C=O) groups is 1. The van der Waals surface area contributed by atoms with Crippen LogP contribution in [0.5, 0.6) is 5.75 Å². The first-order chi connectivity index (χ1) is 15.4. The molecule has 0 aliphatic heterocycles. The van der Waals surface area contributed by atoms with Crippen molar-refractivity contribution >= 4 is 11.8 Å². The van der Waals surface area contributed by atoms with E-state index in [0.29, 0.717) is 11.8 Å². The van der Waals surface area contributed by atoms with Crippen LogP contribution >= 0.6 is 0 Å². The Balaban J connectivity index is 2.65. The maximum Gasteiger partial charge on any atom is 0.573 e. The summed E-state index contributed by atoms with van der Waals surface area (Å²) in [5, 5.41) is 2.11. The molecule has 1 amide bonds. The lowest BCUT2D eigenvalue weighted by Gasteiger charge is -2.17. The van der Waals surface area contributed by atoms with Crippen molar-refractivity contribution in [2.45, 2.75) is 91.8 Å². The average molecular weight is 474 g/mol. The average Bonchev–Trinajstić information content (AvgIpc) is 2.68. The number of anilines is 1. The summed E-state index contributed by atoms with van der Waals surface area (Å²) in [6.45, 7) is 8.26. The Morgan fingerprint density at radius 1 is 1.00 bits per heavy atom. The minimum atomic E-state index is -5.01. The minimum absolute atomic E-state index is 0.00574. The van der Waals surface area contributed by atoms with Gasteiger partial charge in [-0.15, -0.1) is 13.2 Å². The molecule has 0 atom stereocenters. The van der Waals surface area contributed by atoms with Crippen LogP contribution in [-0.2, 0) is 4.74 Å². The topological polar surface area (TPSA) is 47.6 Å². The van der Waals surface area contributed by atoms with Gasteiger partial charge in [-0.1, -0.05) is 71.1 Å². The molecule has 0 unspecified atom stereocenters. The van der Waals surface area contributed by atoms with Gasteiger partial charge >= 0.3 is 12.5 Å². The predicted octanol–water partition coefficient (Wildman–Crippen LogP) is 8.20. The zero-order chi connectivity index (χ0) is 24.9. The van der Waals surface area contributed by atoms with E-state index in [1.165, 1.54) is 32.6 Å². The first kappa shape index (κ1) is 28.6. The van der Waals surface area contributed by atoms with Crippen LogP contribution in [0.3, 0.4) is 0 Å². The number of rotatable bonds is 11. The highest BCUT2D eigenvalue weighted by Gasteiger charge is 2.33. The maximum atomic E-state index is 14.3. The monoisotopic (exact) mass is 473 g/mol. The van der Waals surface area contributed by atoms with Crippen molar-refractivity contribution in [1.82, 2.24) is 0 Å². The van der Waals surface area contributed by atoms with E-state index >= 15 is 0 Å². The van der Waals surface area contributed by atoms with Crippen molar-refractivity contribution in [3.63, 3.8) is 0 Å². The van der Waals surface area contributed by atoms with E-state index in [4.69, 9.17) is 0 Å². The highest BCUT2D eigenvalue weighted by molar-refractivity contribution is 5.89. The van der Waals surface area contributed by atoms with Crippen LogP contribution in [0.25, 0.3) is 0 Å². The quantitative estimate of drug-likeness (QED) is 0.200. The normalized spacial score (nSPS) is 11.5. The van der Waals surface area contributed by atoms with E-state index in [1.807, 2.05) is 0 Å². The summed E-state index contributed by atoms with van der Waals surface area (Å²) >= 11 is 0. The first-order valence-electron chi connectivity index (χ1n) is 11.4. The summed E-state index contributed by atoms with van der Waals surface area (Å²) in [6, 6.07) is 1.61. The molecule has 0 aromatic heterocycles. The summed E-state index contributed by atoms with van der Waals surface area (Å²) < 4.78 is 61.1. The first-order valence-corrected chi connectivity index (χ1v) is 11.4. The summed E-state index contributed by atoms with van der Waals surface area (Å²) in [5.74, 6) is 3.71. The van der Waals surface area contributed by atoms with Crippen LogP contribution in [-0.4, -0.2) is 19.1 Å². The van der Waals surface area contributed by atoms with E-state index in [-0.39, 0.29) is 12.2 Å². The smallest absolute Gasteiger partial charge is 0.450 e. The van der Waals surface area contributed by atoms with Crippen LogP contribution in [0.15, 0.2) is 12.1 Å². The molecule has 0 heterocycles. The molecule has 8 heteroatoms. The van der Waals surface area contributed by atoms with E-state index in [9.17, 15) is 22.4 Å². The standard InChI is InChI=1S/C25H35F4NO3/c1-5-32-23(31)30-22-19(20(26)16-17-21(22)33-25(27,28)29)15-13-11-9-7-6-8-10-12-14-18-24(2,3)4/h16-17H,5-12,14,18H2,1-4H3,(H,30,31). The van der Waals surface area contributed by atoms with Gasteiger partial charge < -0.3 is 9.47 Å². The number of hydrogen-bond acceptors (Lipinski definition) is 3. The summed E-state index contributed by atoms with van der Waals surface area (Å²) in [4.78, 5) is 11.7. The molecule has 0 fully saturated rings. The van der Waals surface area contributed by atoms with Gasteiger partial charge in [-0.05, 0) is 37.3 Å². The zero-order valence-electron chi connectivity index (χ0n) is 20.0. The van der Waals surface area contributed by atoms with Crippen molar-refractivity contribution in [2.24, 2.45) is 5.41 Å². The second-order valence-electron chi connectivity index (χ2n) is 9.03. The summed E-state index contributed by atoms with van der Waals surface area (Å²) in [6.07, 6.45) is 3.31. The van der Waals surface area contributed by atoms with Crippen molar-refractivity contribution in [3.8, 4) is 17.6 Å². The molecule has 0 radical (unpaired) electrons. The Bertz CT molecular complexity index is 805. The lowest BCUT2D eigenvalue weighted by atomic mass is 9.89. The Morgan fingerprint density at radius 2 is 1.61 bits per heavy atom. The second kappa shape index (κ2) is 14.0. The van der Waals surface area contributed by atoms with Gasteiger partial charge in [-0.2, -0.15) is 0 Å². The molecule has 1 aromatic rings. The third kappa shape index (κ3) is 13.0. The fourth-order valence-electron chi connectivity index (χ4n) is 3.19. The van der Waals surface area contributed by atoms with Gasteiger partial charge in [0.25, 0.3) is 0 Å². The minimum Gasteiger partial charge on any atom is -0.450 e. The lowest BCUT2D eigenvalue weighted by Crippen LogP contribution is -2.21. The molecular weight excluding hydrogens is 438 g/mol. The molecular formula is C25H35F4NO3. The predicted molar refractivity (Wildman–Crippen MR) is 122 cm³/mol. The number of benzene rings is 1. The molecule has 33 heavy (non-hydrogen) atoms. The van der Waals surface area contributed by atoms with E-state index < -0.39 is 29.7 Å². The van der Waals surface area contributed by atoms with Gasteiger partial charge in [0, 0.05) is 6.42 Å². The second-order valence-corrected chi connectivity index (χ2v) is 9.03. The van der Waals surface area contributed by atoms with Crippen LogP contribution in [0.4, 0.5) is 28.0 Å². The molecule has 4 nitrogen and oxygen atoms in total. The molecule has 1 rings (SSSR count). The molecule has 0 bridgehead atoms. The van der Waals surface area contributed by atoms with Gasteiger partial charge in [0.15, 0.2) is 5.75 Å². The van der Waals surface area contributed by atoms with Crippen LogP contribution in [0.1, 0.15) is 91.0 Å². The van der Waals surface area contributed by atoms with Crippen molar-refractivity contribution in [1.29, 1.82) is 0 Å². The van der Waals surface area contributed by atoms with Crippen LogP contribution in [0, 0.1) is 23.1 Å². The molecule has 0 saturated heterocycles. The Hall–Kier alpha value is -2.43. The third-order valence-electron chi connectivity index (χ3n) is 4.79. The van der Waals surface area contributed by atoms with Gasteiger partial charge in [-0.3, -0.25) is 5.32 Å². The van der Waals surface area contributed by atoms with Crippen molar-refractivity contribution in [3.05, 3.63) is 23.5 Å². The van der Waals surface area contributed by atoms with E-state index in [2.05, 4.69) is 47.4 Å². The third-order valence-corrected chi connectivity index (χ3v) is 4.79. The number of unbranched alkanes of at least 4 members (excludes halogenated alkanes) is 7. The highest BCUT2D eigenvalue weighted by Crippen LogP contribution is 2.34. The fraction of sp³-hybridized carbons (Fsp3) is 0.640. The molecule has 186 valence electrons. The maximum absolute atomic E-state index is 14.3. The largest absolute Gasteiger partial charge is 0.573 e. The molecule has 0 aliphatic carbocycles.